The Bertz CT molecular complexity index is 515. The van der Waals surface area contributed by atoms with Crippen molar-refractivity contribution in [1.82, 2.24) is 15.2 Å². The quantitative estimate of drug-likeness (QED) is 0.834. The Kier molecular flexibility index (Phi) is 3.33. The molecule has 0 radical (unpaired) electrons. The first kappa shape index (κ1) is 12.7. The van der Waals surface area contributed by atoms with Gasteiger partial charge in [-0.3, -0.25) is 4.79 Å². The number of ether oxygens (including phenoxy) is 1. The van der Waals surface area contributed by atoms with Crippen molar-refractivity contribution < 1.29 is 9.53 Å². The number of hydrogen-bond donors (Lipinski definition) is 1. The van der Waals surface area contributed by atoms with Crippen LogP contribution >= 0.6 is 11.6 Å². The van der Waals surface area contributed by atoms with Crippen LogP contribution in [-0.2, 0) is 6.54 Å². The van der Waals surface area contributed by atoms with E-state index in [2.05, 4.69) is 10.3 Å². The second-order valence-electron chi connectivity index (χ2n) is 4.92. The summed E-state index contributed by atoms with van der Waals surface area (Å²) in [6.07, 6.45) is 2.14. The van der Waals surface area contributed by atoms with E-state index in [1.807, 2.05) is 4.90 Å². The molecule has 3 rings (SSSR count). The standard InChI is InChI=1S/C13H16ClN3O2/c1-19-12-11-8(5-10(14)16-12)7-17(13(11)18)9-3-2-4-15-6-9/h5,9,15H,2-4,6-7H2,1H3. The van der Waals surface area contributed by atoms with Crippen molar-refractivity contribution in [3.8, 4) is 5.88 Å². The monoisotopic (exact) mass is 281 g/mol. The molecule has 2 aliphatic rings. The van der Waals surface area contributed by atoms with Crippen molar-refractivity contribution in [3.63, 3.8) is 0 Å². The number of carbonyl (C=O) groups excluding carboxylic acids is 1. The van der Waals surface area contributed by atoms with Gasteiger partial charge in [-0.05, 0) is 31.0 Å². The molecule has 19 heavy (non-hydrogen) atoms. The summed E-state index contributed by atoms with van der Waals surface area (Å²) in [6.45, 7) is 2.48. The number of piperidine rings is 1. The average molecular weight is 282 g/mol. The lowest BCUT2D eigenvalue weighted by Gasteiger charge is -2.31. The van der Waals surface area contributed by atoms with Gasteiger partial charge in [0.05, 0.1) is 7.11 Å². The van der Waals surface area contributed by atoms with Crippen LogP contribution in [-0.4, -0.2) is 42.0 Å². The number of halogens is 1. The third-order valence-corrected chi connectivity index (χ3v) is 3.95. The molecule has 6 heteroatoms. The van der Waals surface area contributed by atoms with E-state index in [-0.39, 0.29) is 11.9 Å². The molecule has 0 aromatic carbocycles. The largest absolute Gasteiger partial charge is 0.480 e. The van der Waals surface area contributed by atoms with Crippen LogP contribution in [0.3, 0.4) is 0 Å². The van der Waals surface area contributed by atoms with Gasteiger partial charge in [-0.25, -0.2) is 4.98 Å². The molecule has 1 N–H and O–H groups in total. The van der Waals surface area contributed by atoms with Gasteiger partial charge in [0, 0.05) is 19.1 Å². The summed E-state index contributed by atoms with van der Waals surface area (Å²) in [7, 11) is 1.51. The molecule has 1 atom stereocenters. The molecule has 1 amide bonds. The number of pyridine rings is 1. The van der Waals surface area contributed by atoms with Crippen LogP contribution in [0, 0.1) is 0 Å². The molecule has 2 aliphatic heterocycles. The maximum Gasteiger partial charge on any atom is 0.260 e. The maximum atomic E-state index is 12.5. The van der Waals surface area contributed by atoms with Gasteiger partial charge in [0.25, 0.3) is 5.91 Å². The highest BCUT2D eigenvalue weighted by molar-refractivity contribution is 6.29. The third-order valence-electron chi connectivity index (χ3n) is 3.76. The van der Waals surface area contributed by atoms with E-state index in [1.165, 1.54) is 7.11 Å². The molecule has 102 valence electrons. The number of rotatable bonds is 2. The molecule has 0 spiro atoms. The molecule has 0 saturated carbocycles. The number of amides is 1. The van der Waals surface area contributed by atoms with E-state index < -0.39 is 0 Å². The zero-order valence-electron chi connectivity index (χ0n) is 10.8. The van der Waals surface area contributed by atoms with Gasteiger partial charge in [-0.2, -0.15) is 0 Å². The smallest absolute Gasteiger partial charge is 0.260 e. The van der Waals surface area contributed by atoms with Crippen molar-refractivity contribution in [2.75, 3.05) is 20.2 Å². The summed E-state index contributed by atoms with van der Waals surface area (Å²) in [5, 5.41) is 3.70. The molecule has 3 heterocycles. The van der Waals surface area contributed by atoms with Gasteiger partial charge in [-0.1, -0.05) is 11.6 Å². The first-order chi connectivity index (χ1) is 9.20. The van der Waals surface area contributed by atoms with Crippen LogP contribution in [0.1, 0.15) is 28.8 Å². The van der Waals surface area contributed by atoms with Crippen molar-refractivity contribution in [2.45, 2.75) is 25.4 Å². The van der Waals surface area contributed by atoms with Crippen LogP contribution in [0.2, 0.25) is 5.15 Å². The highest BCUT2D eigenvalue weighted by atomic mass is 35.5. The van der Waals surface area contributed by atoms with E-state index >= 15 is 0 Å². The van der Waals surface area contributed by atoms with E-state index in [4.69, 9.17) is 16.3 Å². The Morgan fingerprint density at radius 3 is 3.11 bits per heavy atom. The summed E-state index contributed by atoms with van der Waals surface area (Å²) in [6, 6.07) is 2.00. The highest BCUT2D eigenvalue weighted by Crippen LogP contribution is 2.33. The second kappa shape index (κ2) is 4.98. The summed E-state index contributed by atoms with van der Waals surface area (Å²) < 4.78 is 5.19. The molecular formula is C13H16ClN3O2. The number of fused-ring (bicyclic) bond motifs is 1. The predicted molar refractivity (Wildman–Crippen MR) is 71.6 cm³/mol. The number of aromatic nitrogens is 1. The molecule has 0 bridgehead atoms. The maximum absolute atomic E-state index is 12.5. The molecule has 1 aromatic heterocycles. The third kappa shape index (κ3) is 2.17. The summed E-state index contributed by atoms with van der Waals surface area (Å²) in [5.41, 5.74) is 1.48. The summed E-state index contributed by atoms with van der Waals surface area (Å²) in [5.74, 6) is 0.337. The van der Waals surface area contributed by atoms with Crippen molar-refractivity contribution in [1.29, 1.82) is 0 Å². The normalized spacial score (nSPS) is 22.5. The predicted octanol–water partition coefficient (Wildman–Crippen LogP) is 1.45. The molecule has 5 nitrogen and oxygen atoms in total. The fourth-order valence-corrected chi connectivity index (χ4v) is 3.04. The molecule has 0 aliphatic carbocycles. The van der Waals surface area contributed by atoms with E-state index in [1.54, 1.807) is 6.07 Å². The van der Waals surface area contributed by atoms with Crippen LogP contribution in [0.25, 0.3) is 0 Å². The fraction of sp³-hybridized carbons (Fsp3) is 0.538. The second-order valence-corrected chi connectivity index (χ2v) is 5.31. The Labute approximate surface area is 116 Å². The molecule has 1 unspecified atom stereocenters. The Morgan fingerprint density at radius 2 is 2.42 bits per heavy atom. The van der Waals surface area contributed by atoms with Crippen LogP contribution in [0.4, 0.5) is 0 Å². The SMILES string of the molecule is COc1nc(Cl)cc2c1C(=O)N(C1CCCNC1)C2. The topological polar surface area (TPSA) is 54.5 Å². The van der Waals surface area contributed by atoms with Crippen molar-refractivity contribution in [2.24, 2.45) is 0 Å². The zero-order valence-corrected chi connectivity index (χ0v) is 11.5. The highest BCUT2D eigenvalue weighted by Gasteiger charge is 2.36. The van der Waals surface area contributed by atoms with E-state index in [0.29, 0.717) is 23.1 Å². The van der Waals surface area contributed by atoms with Crippen LogP contribution < -0.4 is 10.1 Å². The number of nitrogens with zero attached hydrogens (tertiary/aromatic N) is 2. The fourth-order valence-electron chi connectivity index (χ4n) is 2.83. The molecule has 1 aromatic rings. The number of carbonyl (C=O) groups is 1. The van der Waals surface area contributed by atoms with E-state index in [0.717, 1.165) is 31.5 Å². The van der Waals surface area contributed by atoms with Crippen LogP contribution in [0.5, 0.6) is 5.88 Å². The lowest BCUT2D eigenvalue weighted by atomic mass is 10.1. The zero-order chi connectivity index (χ0) is 13.4. The van der Waals surface area contributed by atoms with Gasteiger partial charge < -0.3 is 15.0 Å². The Morgan fingerprint density at radius 1 is 1.58 bits per heavy atom. The molecule has 1 fully saturated rings. The molecular weight excluding hydrogens is 266 g/mol. The Hall–Kier alpha value is -1.33. The minimum atomic E-state index is 0.00437. The van der Waals surface area contributed by atoms with Gasteiger partial charge >= 0.3 is 0 Å². The number of hydrogen-bond acceptors (Lipinski definition) is 4. The van der Waals surface area contributed by atoms with Gasteiger partial charge in [-0.15, -0.1) is 0 Å². The average Bonchev–Trinajstić information content (AvgIpc) is 2.76. The van der Waals surface area contributed by atoms with E-state index in [9.17, 15) is 4.79 Å². The van der Waals surface area contributed by atoms with Crippen LogP contribution in [0.15, 0.2) is 6.07 Å². The number of methoxy groups -OCH3 is 1. The van der Waals surface area contributed by atoms with Crippen molar-refractivity contribution >= 4 is 17.5 Å². The first-order valence-electron chi connectivity index (χ1n) is 6.46. The molecule has 1 saturated heterocycles. The summed E-state index contributed by atoms with van der Waals surface area (Å²) in [4.78, 5) is 18.5. The van der Waals surface area contributed by atoms with Gasteiger partial charge in [0.15, 0.2) is 0 Å². The Balaban J connectivity index is 1.92. The first-order valence-corrected chi connectivity index (χ1v) is 6.83. The minimum Gasteiger partial charge on any atom is -0.480 e. The number of nitrogens with one attached hydrogen (secondary N) is 1. The minimum absolute atomic E-state index is 0.00437. The lowest BCUT2D eigenvalue weighted by molar-refractivity contribution is 0.0672. The summed E-state index contributed by atoms with van der Waals surface area (Å²) >= 11 is 5.96. The van der Waals surface area contributed by atoms with Gasteiger partial charge in [0.2, 0.25) is 5.88 Å². The van der Waals surface area contributed by atoms with Gasteiger partial charge in [0.1, 0.15) is 10.7 Å². The van der Waals surface area contributed by atoms with Crippen molar-refractivity contribution in [3.05, 3.63) is 22.3 Å². The lowest BCUT2D eigenvalue weighted by Crippen LogP contribution is -2.46.